The van der Waals surface area contributed by atoms with Crippen LogP contribution in [0.4, 0.5) is 0 Å². The molecule has 0 radical (unpaired) electrons. The van der Waals surface area contributed by atoms with Crippen LogP contribution in [0.3, 0.4) is 0 Å². The van der Waals surface area contributed by atoms with Gasteiger partial charge >= 0.3 is 0 Å². The Morgan fingerprint density at radius 2 is 1.22 bits per heavy atom. The third-order valence-corrected chi connectivity index (χ3v) is 7.22. The van der Waals surface area contributed by atoms with E-state index in [1.165, 1.54) is 0 Å². The van der Waals surface area contributed by atoms with Gasteiger partial charge in [0.2, 0.25) is 0 Å². The summed E-state index contributed by atoms with van der Waals surface area (Å²) in [5.41, 5.74) is 0. The first kappa shape index (κ1) is 9.57. The van der Waals surface area contributed by atoms with Gasteiger partial charge in [-0.1, -0.05) is 0 Å². The average molecular weight is 180 g/mol. The van der Waals surface area contributed by atoms with E-state index in [1.54, 1.807) is 0 Å². The van der Waals surface area contributed by atoms with E-state index in [0.717, 1.165) is 0 Å². The van der Waals surface area contributed by atoms with Gasteiger partial charge in [0.25, 0.3) is 10.0 Å². The second-order valence-electron chi connectivity index (χ2n) is 2.55. The molecule has 9 heavy (non-hydrogen) atoms. The molecule has 0 aliphatic carbocycles. The van der Waals surface area contributed by atoms with Gasteiger partial charge in [0, 0.05) is 0 Å². The van der Waals surface area contributed by atoms with Crippen molar-refractivity contribution in [1.82, 2.24) is 0 Å². The first-order chi connectivity index (χ1) is 4.13. The van der Waals surface area contributed by atoms with E-state index in [0.29, 0.717) is 0 Å². The summed E-state index contributed by atoms with van der Waals surface area (Å²) < 4.78 is 10.9. The fourth-order valence-corrected chi connectivity index (χ4v) is 3.51. The molecular weight excluding hydrogens is 164 g/mol. The summed E-state index contributed by atoms with van der Waals surface area (Å²) in [6.07, 6.45) is 0. The Hall–Kier alpha value is 0.571. The second-order valence-corrected chi connectivity index (χ2v) is 9.65. The van der Waals surface area contributed by atoms with Crippen LogP contribution < -0.4 is 0 Å². The maximum absolute atomic E-state index is 5.44. The molecular formula is C4H16O2Si3. The van der Waals surface area contributed by atoms with Crippen LogP contribution in [0.2, 0.25) is 26.2 Å². The van der Waals surface area contributed by atoms with E-state index in [4.69, 9.17) is 8.23 Å². The average Bonchev–Trinajstić information content (AvgIpc) is 1.63. The quantitative estimate of drug-likeness (QED) is 0.567. The van der Waals surface area contributed by atoms with Crippen LogP contribution in [-0.2, 0) is 8.23 Å². The van der Waals surface area contributed by atoms with Gasteiger partial charge in [-0.15, -0.1) is 0 Å². The summed E-state index contributed by atoms with van der Waals surface area (Å²) in [5, 5.41) is 0. The van der Waals surface area contributed by atoms with Gasteiger partial charge in [-0.3, -0.25) is 0 Å². The lowest BCUT2D eigenvalue weighted by Crippen LogP contribution is -2.19. The van der Waals surface area contributed by atoms with Crippen LogP contribution in [0.1, 0.15) is 0 Å². The highest BCUT2D eigenvalue weighted by Gasteiger charge is 1.97. The Labute approximate surface area is 63.1 Å². The van der Waals surface area contributed by atoms with Crippen LogP contribution in [0.25, 0.3) is 0 Å². The summed E-state index contributed by atoms with van der Waals surface area (Å²) in [6, 6.07) is 0. The minimum atomic E-state index is -0.770. The molecule has 0 amide bonds. The van der Waals surface area contributed by atoms with E-state index in [9.17, 15) is 0 Å². The molecule has 0 aromatic rings. The fourth-order valence-electron chi connectivity index (χ4n) is 0.311. The van der Waals surface area contributed by atoms with Crippen molar-refractivity contribution in [3.63, 3.8) is 0 Å². The number of rotatable bonds is 4. The first-order valence-electron chi connectivity index (χ1n) is 3.36. The molecule has 0 aromatic carbocycles. The molecule has 0 saturated heterocycles. The van der Waals surface area contributed by atoms with Crippen LogP contribution in [0.5, 0.6) is 0 Å². The zero-order chi connectivity index (χ0) is 7.28. The molecule has 0 atom stereocenters. The Morgan fingerprint density at radius 1 is 0.889 bits per heavy atom. The summed E-state index contributed by atoms with van der Waals surface area (Å²) in [4.78, 5) is 0. The largest absolute Gasteiger partial charge is 0.444 e. The Kier molecular flexibility index (Phi) is 5.70. The molecule has 0 spiro atoms. The second kappa shape index (κ2) is 5.36. The molecule has 0 unspecified atom stereocenters. The lowest BCUT2D eigenvalue weighted by molar-refractivity contribution is 0.479. The Morgan fingerprint density at radius 3 is 1.44 bits per heavy atom. The van der Waals surface area contributed by atoms with E-state index >= 15 is 0 Å². The van der Waals surface area contributed by atoms with Gasteiger partial charge in [0.15, 0.2) is 18.1 Å². The molecule has 56 valence electrons. The molecule has 5 heteroatoms. The van der Waals surface area contributed by atoms with Gasteiger partial charge in [-0.05, 0) is 26.2 Å². The molecule has 0 N–H and O–H groups in total. The monoisotopic (exact) mass is 180 g/mol. The molecule has 0 rings (SSSR count). The molecule has 0 fully saturated rings. The minimum Gasteiger partial charge on any atom is -0.444 e. The maximum atomic E-state index is 5.44. The summed E-state index contributed by atoms with van der Waals surface area (Å²) >= 11 is 0. The highest BCUT2D eigenvalue weighted by atomic mass is 28.4. The standard InChI is InChI=1S/C4H16O2Si3/c1-8(2)5-7-6-9(3)4/h8-9H,7H2,1-4H3. The number of hydrogen-bond acceptors (Lipinski definition) is 2. The molecule has 0 saturated carbocycles. The summed E-state index contributed by atoms with van der Waals surface area (Å²) in [5.74, 6) is 0. The van der Waals surface area contributed by atoms with Crippen LogP contribution >= 0.6 is 0 Å². The maximum Gasteiger partial charge on any atom is 0.283 e. The van der Waals surface area contributed by atoms with Crippen molar-refractivity contribution >= 4 is 28.1 Å². The third kappa shape index (κ3) is 8.57. The van der Waals surface area contributed by atoms with Crippen molar-refractivity contribution in [2.24, 2.45) is 0 Å². The van der Waals surface area contributed by atoms with Crippen LogP contribution in [0, 0.1) is 0 Å². The molecule has 0 bridgehead atoms. The third-order valence-electron chi connectivity index (χ3n) is 0.803. The minimum absolute atomic E-state index is 0.560. The van der Waals surface area contributed by atoms with E-state index in [1.807, 2.05) is 0 Å². The van der Waals surface area contributed by atoms with Crippen molar-refractivity contribution in [3.8, 4) is 0 Å². The molecule has 0 aliphatic rings. The molecule has 0 heterocycles. The van der Waals surface area contributed by atoms with Crippen molar-refractivity contribution in [2.45, 2.75) is 26.2 Å². The smallest absolute Gasteiger partial charge is 0.283 e. The molecule has 0 aromatic heterocycles. The van der Waals surface area contributed by atoms with E-state index in [2.05, 4.69) is 26.2 Å². The van der Waals surface area contributed by atoms with Gasteiger partial charge in [0.05, 0.1) is 0 Å². The van der Waals surface area contributed by atoms with Gasteiger partial charge in [0.1, 0.15) is 0 Å². The topological polar surface area (TPSA) is 18.5 Å². The van der Waals surface area contributed by atoms with Crippen molar-refractivity contribution in [3.05, 3.63) is 0 Å². The normalized spacial score (nSPS) is 11.3. The van der Waals surface area contributed by atoms with Gasteiger partial charge in [-0.2, -0.15) is 0 Å². The summed E-state index contributed by atoms with van der Waals surface area (Å²) in [6.45, 7) is 8.72. The highest BCUT2D eigenvalue weighted by molar-refractivity contribution is 6.59. The van der Waals surface area contributed by atoms with Crippen molar-refractivity contribution in [2.75, 3.05) is 0 Å². The zero-order valence-corrected chi connectivity index (χ0v) is 10.4. The fraction of sp³-hybridized carbons (Fsp3) is 1.00. The Bertz CT molecular complexity index is 58.8. The Balaban J connectivity index is 2.91. The van der Waals surface area contributed by atoms with E-state index in [-0.39, 0.29) is 0 Å². The molecule has 2 nitrogen and oxygen atoms in total. The predicted molar refractivity (Wildman–Crippen MR) is 48.5 cm³/mol. The predicted octanol–water partition coefficient (Wildman–Crippen LogP) is -0.0148. The zero-order valence-electron chi connectivity index (χ0n) is 6.68. The SMILES string of the molecule is C[SiH](C)O[SiH2]O[SiH](C)C. The van der Waals surface area contributed by atoms with Crippen molar-refractivity contribution in [1.29, 1.82) is 0 Å². The lowest BCUT2D eigenvalue weighted by atomic mass is 11.9. The van der Waals surface area contributed by atoms with Gasteiger partial charge < -0.3 is 8.23 Å². The van der Waals surface area contributed by atoms with Crippen LogP contribution in [0.15, 0.2) is 0 Å². The number of hydrogen-bond donors (Lipinski definition) is 0. The first-order valence-corrected chi connectivity index (χ1v) is 10.1. The molecule has 0 aliphatic heterocycles. The van der Waals surface area contributed by atoms with Gasteiger partial charge in [-0.25, -0.2) is 0 Å². The highest BCUT2D eigenvalue weighted by Crippen LogP contribution is 1.85. The summed E-state index contributed by atoms with van der Waals surface area (Å²) in [7, 11) is -2.10. The van der Waals surface area contributed by atoms with Crippen LogP contribution in [-0.4, -0.2) is 28.1 Å². The van der Waals surface area contributed by atoms with Crippen molar-refractivity contribution < 1.29 is 8.23 Å². The van der Waals surface area contributed by atoms with E-state index < -0.39 is 28.1 Å². The lowest BCUT2D eigenvalue weighted by Gasteiger charge is -2.08.